The predicted molar refractivity (Wildman–Crippen MR) is 154 cm³/mol. The average Bonchev–Trinajstić information content (AvgIpc) is 2.88. The summed E-state index contributed by atoms with van der Waals surface area (Å²) in [6.07, 6.45) is 20.1. The van der Waals surface area contributed by atoms with Gasteiger partial charge < -0.3 is 13.6 Å². The second-order valence-corrected chi connectivity index (χ2v) is 11.4. The molecule has 2 atom stereocenters. The lowest BCUT2D eigenvalue weighted by Crippen LogP contribution is -2.12. The molecule has 0 saturated heterocycles. The van der Waals surface area contributed by atoms with Crippen LogP contribution >= 0.6 is 8.60 Å². The van der Waals surface area contributed by atoms with Gasteiger partial charge in [0.1, 0.15) is 5.75 Å². The Balaban J connectivity index is 2.72. The van der Waals surface area contributed by atoms with Gasteiger partial charge in [0.2, 0.25) is 0 Å². The molecule has 204 valence electrons. The summed E-state index contributed by atoms with van der Waals surface area (Å²) in [5, 5.41) is 0. The van der Waals surface area contributed by atoms with E-state index in [-0.39, 0.29) is 0 Å². The van der Waals surface area contributed by atoms with Crippen molar-refractivity contribution < 1.29 is 13.6 Å². The molecule has 2 unspecified atom stereocenters. The Morgan fingerprint density at radius 3 is 1.69 bits per heavy atom. The minimum atomic E-state index is -1.39. The molecule has 0 radical (unpaired) electrons. The van der Waals surface area contributed by atoms with Crippen LogP contribution in [0, 0.1) is 11.8 Å². The number of rotatable bonds is 24. The van der Waals surface area contributed by atoms with Crippen molar-refractivity contribution in [3.63, 3.8) is 0 Å². The standard InChI is InChI=1S/C31H57O3P/c1-6-11-14-15-16-17-18-23-30-24-19-20-25-31(30)34-35(32-26-28(9-4)21-12-7-2)33-27-29(10-5)22-13-8-3/h19-20,24-25,28-29H,6-18,21-23,26-27H2,1-5H3. The summed E-state index contributed by atoms with van der Waals surface area (Å²) in [7, 11) is -1.39. The highest BCUT2D eigenvalue weighted by Gasteiger charge is 2.21. The van der Waals surface area contributed by atoms with Crippen LogP contribution in [0.5, 0.6) is 5.75 Å². The molecule has 1 aromatic carbocycles. The van der Waals surface area contributed by atoms with Gasteiger partial charge in [0.15, 0.2) is 0 Å². The maximum absolute atomic E-state index is 6.47. The highest BCUT2D eigenvalue weighted by Crippen LogP contribution is 2.43. The molecular weight excluding hydrogens is 451 g/mol. The summed E-state index contributed by atoms with van der Waals surface area (Å²) in [5.74, 6) is 2.11. The molecule has 0 amide bonds. The van der Waals surface area contributed by atoms with Gasteiger partial charge in [-0.05, 0) is 49.1 Å². The molecule has 0 heterocycles. The lowest BCUT2D eigenvalue weighted by molar-refractivity contribution is 0.152. The van der Waals surface area contributed by atoms with Crippen molar-refractivity contribution in [1.29, 1.82) is 0 Å². The van der Waals surface area contributed by atoms with E-state index < -0.39 is 8.60 Å². The Morgan fingerprint density at radius 1 is 0.629 bits per heavy atom. The summed E-state index contributed by atoms with van der Waals surface area (Å²) in [6.45, 7) is 12.8. The summed E-state index contributed by atoms with van der Waals surface area (Å²) in [4.78, 5) is 0. The van der Waals surface area contributed by atoms with Crippen LogP contribution in [0.15, 0.2) is 24.3 Å². The molecule has 0 fully saturated rings. The second-order valence-electron chi connectivity index (χ2n) is 10.2. The molecule has 1 rings (SSSR count). The predicted octanol–water partition coefficient (Wildman–Crippen LogP) is 11.1. The van der Waals surface area contributed by atoms with Gasteiger partial charge in [-0.25, -0.2) is 0 Å². The van der Waals surface area contributed by atoms with Crippen LogP contribution in [-0.2, 0) is 15.5 Å². The fourth-order valence-electron chi connectivity index (χ4n) is 4.37. The van der Waals surface area contributed by atoms with Crippen molar-refractivity contribution in [2.75, 3.05) is 13.2 Å². The van der Waals surface area contributed by atoms with Crippen molar-refractivity contribution in [2.24, 2.45) is 11.8 Å². The normalized spacial score (nSPS) is 14.1. The van der Waals surface area contributed by atoms with Crippen LogP contribution < -0.4 is 4.52 Å². The summed E-state index contributed by atoms with van der Waals surface area (Å²) in [6, 6.07) is 8.51. The van der Waals surface area contributed by atoms with E-state index in [9.17, 15) is 0 Å². The van der Waals surface area contributed by atoms with Crippen LogP contribution in [0.4, 0.5) is 0 Å². The number of aryl methyl sites for hydroxylation is 1. The summed E-state index contributed by atoms with van der Waals surface area (Å²) >= 11 is 0. The third kappa shape index (κ3) is 16.0. The monoisotopic (exact) mass is 508 g/mol. The number of para-hydroxylation sites is 1. The number of hydrogen-bond donors (Lipinski definition) is 0. The molecule has 0 aromatic heterocycles. The zero-order valence-electron chi connectivity index (χ0n) is 23.9. The smallest absolute Gasteiger partial charge is 0.397 e. The lowest BCUT2D eigenvalue weighted by atomic mass is 10.0. The molecule has 0 saturated carbocycles. The van der Waals surface area contributed by atoms with Gasteiger partial charge in [-0.3, -0.25) is 0 Å². The Bertz CT molecular complexity index is 574. The van der Waals surface area contributed by atoms with Gasteiger partial charge in [0.25, 0.3) is 0 Å². The molecule has 0 aliphatic rings. The van der Waals surface area contributed by atoms with E-state index in [4.69, 9.17) is 13.6 Å². The van der Waals surface area contributed by atoms with Crippen LogP contribution in [0.1, 0.15) is 136 Å². The first-order valence-electron chi connectivity index (χ1n) is 15.0. The van der Waals surface area contributed by atoms with E-state index in [1.54, 1.807) is 0 Å². The van der Waals surface area contributed by atoms with E-state index >= 15 is 0 Å². The average molecular weight is 509 g/mol. The molecule has 0 bridgehead atoms. The van der Waals surface area contributed by atoms with E-state index in [1.165, 1.54) is 89.0 Å². The fraction of sp³-hybridized carbons (Fsp3) is 0.806. The largest absolute Gasteiger partial charge is 0.426 e. The first kappa shape index (κ1) is 32.4. The SMILES string of the molecule is CCCCCCCCCc1ccccc1OP(OCC(CC)CCCC)OCC(CC)CCCC. The molecular formula is C31H57O3P. The highest BCUT2D eigenvalue weighted by atomic mass is 31.2. The third-order valence-electron chi connectivity index (χ3n) is 7.11. The van der Waals surface area contributed by atoms with Gasteiger partial charge in [-0.15, -0.1) is 0 Å². The van der Waals surface area contributed by atoms with Gasteiger partial charge in [0, 0.05) is 0 Å². The number of benzene rings is 1. The molecule has 4 heteroatoms. The minimum Gasteiger partial charge on any atom is -0.426 e. The quantitative estimate of drug-likeness (QED) is 0.103. The maximum Gasteiger partial charge on any atom is 0.397 e. The fourth-order valence-corrected chi connectivity index (χ4v) is 5.55. The third-order valence-corrected chi connectivity index (χ3v) is 8.18. The van der Waals surface area contributed by atoms with Crippen LogP contribution in [0.25, 0.3) is 0 Å². The van der Waals surface area contributed by atoms with Crippen molar-refractivity contribution >= 4 is 8.60 Å². The van der Waals surface area contributed by atoms with Gasteiger partial charge in [-0.2, -0.15) is 0 Å². The Hall–Kier alpha value is -0.630. The summed E-state index contributed by atoms with van der Waals surface area (Å²) < 4.78 is 19.2. The van der Waals surface area contributed by atoms with Gasteiger partial charge >= 0.3 is 8.60 Å². The lowest BCUT2D eigenvalue weighted by Gasteiger charge is -2.23. The first-order chi connectivity index (χ1) is 17.2. The Kier molecular flexibility index (Phi) is 20.9. The van der Waals surface area contributed by atoms with E-state index in [2.05, 4.69) is 58.9 Å². The molecule has 0 spiro atoms. The highest BCUT2D eigenvalue weighted by molar-refractivity contribution is 7.42. The maximum atomic E-state index is 6.47. The van der Waals surface area contributed by atoms with E-state index in [0.29, 0.717) is 11.8 Å². The zero-order chi connectivity index (χ0) is 25.6. The first-order valence-corrected chi connectivity index (χ1v) is 16.1. The molecule has 1 aromatic rings. The molecule has 35 heavy (non-hydrogen) atoms. The molecule has 0 aliphatic heterocycles. The van der Waals surface area contributed by atoms with Gasteiger partial charge in [0.05, 0.1) is 13.2 Å². The van der Waals surface area contributed by atoms with Crippen molar-refractivity contribution in [1.82, 2.24) is 0 Å². The minimum absolute atomic E-state index is 0.581. The van der Waals surface area contributed by atoms with Crippen LogP contribution in [0.2, 0.25) is 0 Å². The zero-order valence-corrected chi connectivity index (χ0v) is 24.8. The Morgan fingerprint density at radius 2 is 1.14 bits per heavy atom. The van der Waals surface area contributed by atoms with Crippen molar-refractivity contribution in [2.45, 2.75) is 137 Å². The van der Waals surface area contributed by atoms with Crippen LogP contribution in [0.3, 0.4) is 0 Å². The van der Waals surface area contributed by atoms with E-state index in [0.717, 1.165) is 38.2 Å². The number of unbranched alkanes of at least 4 members (excludes halogenated alkanes) is 8. The molecule has 3 nitrogen and oxygen atoms in total. The second kappa shape index (κ2) is 22.6. The van der Waals surface area contributed by atoms with Crippen molar-refractivity contribution in [3.8, 4) is 5.75 Å². The van der Waals surface area contributed by atoms with Crippen molar-refractivity contribution in [3.05, 3.63) is 29.8 Å². The van der Waals surface area contributed by atoms with Gasteiger partial charge in [-0.1, -0.05) is 130 Å². The topological polar surface area (TPSA) is 27.7 Å². The van der Waals surface area contributed by atoms with Crippen LogP contribution in [-0.4, -0.2) is 13.2 Å². The van der Waals surface area contributed by atoms with E-state index in [1.807, 2.05) is 0 Å². The molecule has 0 aliphatic carbocycles. The summed E-state index contributed by atoms with van der Waals surface area (Å²) in [5.41, 5.74) is 1.29. The molecule has 0 N–H and O–H groups in total. The number of hydrogen-bond acceptors (Lipinski definition) is 3. The Labute approximate surface area is 220 Å².